The molecule has 0 aromatic heterocycles. The first-order chi connectivity index (χ1) is 35.0. The van der Waals surface area contributed by atoms with Gasteiger partial charge in [-0.3, -0.25) is 14.4 Å². The third-order valence-corrected chi connectivity index (χ3v) is 12.5. The summed E-state index contributed by atoms with van der Waals surface area (Å²) in [5.41, 5.74) is 0. The molecule has 0 aromatic carbocycles. The van der Waals surface area contributed by atoms with Crippen LogP contribution in [0.3, 0.4) is 0 Å². The molecule has 0 unspecified atom stereocenters. The zero-order valence-corrected chi connectivity index (χ0v) is 46.5. The summed E-state index contributed by atoms with van der Waals surface area (Å²) in [4.78, 5) is 38.2. The van der Waals surface area contributed by atoms with E-state index in [-0.39, 0.29) is 31.1 Å². The van der Waals surface area contributed by atoms with Gasteiger partial charge in [-0.15, -0.1) is 0 Å². The quantitative estimate of drug-likeness (QED) is 0.0261. The van der Waals surface area contributed by atoms with Crippen LogP contribution >= 0.6 is 0 Å². The number of hydrogen-bond acceptors (Lipinski definition) is 6. The monoisotopic (exact) mass is 987 g/mol. The van der Waals surface area contributed by atoms with Crippen LogP contribution in [0.25, 0.3) is 0 Å². The Kier molecular flexibility index (Phi) is 55.9. The minimum absolute atomic E-state index is 0.0996. The summed E-state index contributed by atoms with van der Waals surface area (Å²) in [6.07, 6.45) is 78.2. The van der Waals surface area contributed by atoms with Crippen LogP contribution in [0.5, 0.6) is 0 Å². The summed E-state index contributed by atoms with van der Waals surface area (Å²) >= 11 is 0. The number of hydrogen-bond donors (Lipinski definition) is 0. The number of allylic oxidation sites excluding steroid dienone is 16. The summed E-state index contributed by atoms with van der Waals surface area (Å²) in [6.45, 7) is 6.54. The largest absolute Gasteiger partial charge is 0.462 e. The van der Waals surface area contributed by atoms with Crippen LogP contribution in [0.1, 0.15) is 278 Å². The van der Waals surface area contributed by atoms with Gasteiger partial charge in [0.1, 0.15) is 13.2 Å². The molecule has 0 radical (unpaired) electrons. The van der Waals surface area contributed by atoms with Gasteiger partial charge in [0, 0.05) is 19.3 Å². The molecule has 0 bridgehead atoms. The van der Waals surface area contributed by atoms with Crippen molar-refractivity contribution < 1.29 is 28.6 Å². The van der Waals surface area contributed by atoms with E-state index in [1.165, 1.54) is 128 Å². The molecule has 0 heterocycles. The van der Waals surface area contributed by atoms with Crippen molar-refractivity contribution in [2.45, 2.75) is 284 Å². The topological polar surface area (TPSA) is 78.9 Å². The zero-order valence-electron chi connectivity index (χ0n) is 46.5. The average Bonchev–Trinajstić information content (AvgIpc) is 3.37. The third kappa shape index (κ3) is 57.1. The molecule has 71 heavy (non-hydrogen) atoms. The first-order valence-corrected chi connectivity index (χ1v) is 29.7. The van der Waals surface area contributed by atoms with E-state index in [2.05, 4.69) is 118 Å². The van der Waals surface area contributed by atoms with Gasteiger partial charge in [0.2, 0.25) is 0 Å². The standard InChI is InChI=1S/C65H110O6/c1-4-7-10-13-16-19-22-25-28-31-32-35-37-40-43-46-49-52-55-58-64(67)70-61-62(71-65(68)59-56-53-50-47-44-41-38-34-30-27-24-21-18-15-12-9-6-3)60-69-63(66)57-54-51-48-45-42-39-36-33-29-26-23-20-17-14-11-8-5-2/h16,18-19,21,25-30,32,35,38,40-41,43,62H,4-15,17,20,22-24,31,33-34,36-37,39,42,44-61H2,1-3H3/b19-16+,21-18+,28-25+,29-26+,30-27+,35-32+,41-38+,43-40+/t62-/m1/s1. The summed E-state index contributed by atoms with van der Waals surface area (Å²) in [7, 11) is 0. The van der Waals surface area contributed by atoms with Crippen molar-refractivity contribution in [3.05, 3.63) is 97.2 Å². The molecule has 0 aromatic rings. The predicted octanol–water partition coefficient (Wildman–Crippen LogP) is 20.1. The summed E-state index contributed by atoms with van der Waals surface area (Å²) < 4.78 is 16.8. The molecule has 0 spiro atoms. The Morgan fingerprint density at radius 3 is 0.845 bits per heavy atom. The molecule has 0 fully saturated rings. The number of ether oxygens (including phenoxy) is 3. The van der Waals surface area contributed by atoms with Crippen molar-refractivity contribution in [3.63, 3.8) is 0 Å². The maximum atomic E-state index is 12.9. The number of carbonyl (C=O) groups excluding carboxylic acids is 3. The van der Waals surface area contributed by atoms with E-state index in [4.69, 9.17) is 14.2 Å². The SMILES string of the molecule is CCCCC/C=C/C/C=C/C/C=C/C/C=C/CCCCCC(=O)OC[C@@H](COC(=O)CCCCCCCCC/C=C/CCCCCCCC)OC(=O)CCCCCC/C=C/C/C=C/C/C=C/CCCCC. The molecule has 0 N–H and O–H groups in total. The lowest BCUT2D eigenvalue weighted by atomic mass is 10.1. The lowest BCUT2D eigenvalue weighted by Crippen LogP contribution is -2.30. The first kappa shape index (κ1) is 67.3. The van der Waals surface area contributed by atoms with Crippen molar-refractivity contribution in [3.8, 4) is 0 Å². The van der Waals surface area contributed by atoms with E-state index in [1.807, 2.05) is 0 Å². The molecule has 0 aliphatic carbocycles. The molecule has 0 aliphatic rings. The summed E-state index contributed by atoms with van der Waals surface area (Å²) in [6, 6.07) is 0. The van der Waals surface area contributed by atoms with Crippen LogP contribution < -0.4 is 0 Å². The van der Waals surface area contributed by atoms with Crippen molar-refractivity contribution in [2.24, 2.45) is 0 Å². The molecular formula is C65H110O6. The molecule has 6 nitrogen and oxygen atoms in total. The van der Waals surface area contributed by atoms with Crippen LogP contribution in [0, 0.1) is 0 Å². The van der Waals surface area contributed by atoms with Crippen LogP contribution in [-0.2, 0) is 28.6 Å². The lowest BCUT2D eigenvalue weighted by Gasteiger charge is -2.18. The van der Waals surface area contributed by atoms with Gasteiger partial charge in [-0.25, -0.2) is 0 Å². The fourth-order valence-electron chi connectivity index (χ4n) is 8.01. The highest BCUT2D eigenvalue weighted by Gasteiger charge is 2.19. The van der Waals surface area contributed by atoms with E-state index < -0.39 is 6.10 Å². The molecule has 406 valence electrons. The van der Waals surface area contributed by atoms with Gasteiger partial charge in [0.15, 0.2) is 6.10 Å². The van der Waals surface area contributed by atoms with E-state index >= 15 is 0 Å². The Bertz CT molecular complexity index is 1410. The van der Waals surface area contributed by atoms with Crippen LogP contribution in [-0.4, -0.2) is 37.2 Å². The van der Waals surface area contributed by atoms with Gasteiger partial charge >= 0.3 is 17.9 Å². The number of esters is 3. The molecule has 0 saturated heterocycles. The van der Waals surface area contributed by atoms with Crippen LogP contribution in [0.2, 0.25) is 0 Å². The maximum Gasteiger partial charge on any atom is 0.306 e. The van der Waals surface area contributed by atoms with Crippen LogP contribution in [0.15, 0.2) is 97.2 Å². The maximum absolute atomic E-state index is 12.9. The lowest BCUT2D eigenvalue weighted by molar-refractivity contribution is -0.167. The second-order valence-corrected chi connectivity index (χ2v) is 19.5. The predicted molar refractivity (Wildman–Crippen MR) is 307 cm³/mol. The highest BCUT2D eigenvalue weighted by Crippen LogP contribution is 2.14. The van der Waals surface area contributed by atoms with Gasteiger partial charge in [-0.2, -0.15) is 0 Å². The Hall–Kier alpha value is -3.67. The van der Waals surface area contributed by atoms with Gasteiger partial charge in [0.05, 0.1) is 0 Å². The van der Waals surface area contributed by atoms with E-state index in [0.29, 0.717) is 19.3 Å². The van der Waals surface area contributed by atoms with Gasteiger partial charge in [-0.05, 0) is 128 Å². The van der Waals surface area contributed by atoms with Crippen LogP contribution in [0.4, 0.5) is 0 Å². The minimum Gasteiger partial charge on any atom is -0.462 e. The first-order valence-electron chi connectivity index (χ1n) is 29.7. The second-order valence-electron chi connectivity index (χ2n) is 19.5. The second kappa shape index (κ2) is 58.9. The Morgan fingerprint density at radius 2 is 0.507 bits per heavy atom. The fraction of sp³-hybridized carbons (Fsp3) is 0.708. The van der Waals surface area contributed by atoms with E-state index in [0.717, 1.165) is 109 Å². The van der Waals surface area contributed by atoms with E-state index in [1.54, 1.807) is 0 Å². The molecule has 1 atom stereocenters. The Balaban J connectivity index is 4.50. The smallest absolute Gasteiger partial charge is 0.306 e. The third-order valence-electron chi connectivity index (χ3n) is 12.5. The highest BCUT2D eigenvalue weighted by atomic mass is 16.6. The molecule has 0 saturated carbocycles. The number of carbonyl (C=O) groups is 3. The summed E-state index contributed by atoms with van der Waals surface area (Å²) in [5, 5.41) is 0. The van der Waals surface area contributed by atoms with Crippen molar-refractivity contribution in [2.75, 3.05) is 13.2 Å². The number of rotatable bonds is 53. The summed E-state index contributed by atoms with van der Waals surface area (Å²) in [5.74, 6) is -0.953. The Morgan fingerprint density at radius 1 is 0.282 bits per heavy atom. The Labute approximate surface area is 438 Å². The van der Waals surface area contributed by atoms with Crippen molar-refractivity contribution >= 4 is 17.9 Å². The molecular weight excluding hydrogens is 877 g/mol. The highest BCUT2D eigenvalue weighted by molar-refractivity contribution is 5.71. The normalized spacial score (nSPS) is 12.8. The average molecular weight is 988 g/mol. The van der Waals surface area contributed by atoms with E-state index in [9.17, 15) is 14.4 Å². The fourth-order valence-corrected chi connectivity index (χ4v) is 8.01. The van der Waals surface area contributed by atoms with Gasteiger partial charge < -0.3 is 14.2 Å². The molecule has 0 rings (SSSR count). The minimum atomic E-state index is -0.806. The van der Waals surface area contributed by atoms with Gasteiger partial charge in [-0.1, -0.05) is 227 Å². The van der Waals surface area contributed by atoms with Crippen molar-refractivity contribution in [1.82, 2.24) is 0 Å². The van der Waals surface area contributed by atoms with Crippen molar-refractivity contribution in [1.29, 1.82) is 0 Å². The zero-order chi connectivity index (χ0) is 51.4. The van der Waals surface area contributed by atoms with Gasteiger partial charge in [0.25, 0.3) is 0 Å². The molecule has 0 aliphatic heterocycles. The molecule has 6 heteroatoms. The number of unbranched alkanes of at least 4 members (excludes halogenated alkanes) is 26. The molecule has 0 amide bonds.